The molecule has 0 aromatic heterocycles. The average Bonchev–Trinajstić information content (AvgIpc) is 2.57. The van der Waals surface area contributed by atoms with Crippen LogP contribution in [0.25, 0.3) is 0 Å². The molecule has 0 bridgehead atoms. The zero-order chi connectivity index (χ0) is 8.36. The van der Waals surface area contributed by atoms with Crippen molar-refractivity contribution in [1.29, 1.82) is 0 Å². The molecule has 1 aliphatic heterocycles. The molecular formula is C10H24O2. The topological polar surface area (TPSA) is 40.7 Å². The fourth-order valence-electron chi connectivity index (χ4n) is 1.01. The Morgan fingerprint density at radius 3 is 1.50 bits per heavy atom. The molecule has 0 aliphatic carbocycles. The first-order valence-corrected chi connectivity index (χ1v) is 4.99. The van der Waals surface area contributed by atoms with Crippen molar-refractivity contribution in [3.63, 3.8) is 0 Å². The minimum Gasteiger partial charge on any atom is -0.412 e. The monoisotopic (exact) mass is 176 g/mol. The molecule has 1 heterocycles. The largest absolute Gasteiger partial charge is 0.412 e. The summed E-state index contributed by atoms with van der Waals surface area (Å²) in [4.78, 5) is 0. The van der Waals surface area contributed by atoms with Gasteiger partial charge in [0.15, 0.2) is 0 Å². The summed E-state index contributed by atoms with van der Waals surface area (Å²) in [6, 6.07) is 0. The second kappa shape index (κ2) is 13.5. The van der Waals surface area contributed by atoms with Crippen molar-refractivity contribution in [2.24, 2.45) is 0 Å². The van der Waals surface area contributed by atoms with Crippen LogP contribution in [0.5, 0.6) is 0 Å². The fraction of sp³-hybridized carbons (Fsp3) is 1.00. The van der Waals surface area contributed by atoms with Gasteiger partial charge < -0.3 is 10.2 Å². The highest BCUT2D eigenvalue weighted by molar-refractivity contribution is 4.43. The maximum atomic E-state index is 4.94. The molecule has 0 radical (unpaired) electrons. The van der Waals surface area contributed by atoms with Crippen molar-refractivity contribution in [1.82, 2.24) is 0 Å². The van der Waals surface area contributed by atoms with E-state index in [-0.39, 0.29) is 5.48 Å². The van der Waals surface area contributed by atoms with Crippen LogP contribution in [0.4, 0.5) is 0 Å². The van der Waals surface area contributed by atoms with Crippen LogP contribution in [0.3, 0.4) is 0 Å². The maximum Gasteiger partial charge on any atom is 0.0466 e. The van der Waals surface area contributed by atoms with Gasteiger partial charge >= 0.3 is 0 Å². The number of unbranched alkanes of at least 4 members (excludes halogenated alkanes) is 3. The molecule has 2 N–H and O–H groups in total. The van der Waals surface area contributed by atoms with Crippen molar-refractivity contribution in [3.05, 3.63) is 0 Å². The molecule has 0 amide bonds. The van der Waals surface area contributed by atoms with E-state index in [0.29, 0.717) is 0 Å². The van der Waals surface area contributed by atoms with E-state index in [0.717, 1.165) is 13.2 Å². The predicted molar refractivity (Wildman–Crippen MR) is 53.5 cm³/mol. The van der Waals surface area contributed by atoms with Gasteiger partial charge in [-0.3, -0.25) is 0 Å². The van der Waals surface area contributed by atoms with E-state index < -0.39 is 0 Å². The quantitative estimate of drug-likeness (QED) is 0.609. The Morgan fingerprint density at radius 2 is 1.33 bits per heavy atom. The van der Waals surface area contributed by atoms with Crippen molar-refractivity contribution >= 4 is 0 Å². The number of hydrogen-bond acceptors (Lipinski definition) is 1. The average molecular weight is 176 g/mol. The van der Waals surface area contributed by atoms with Crippen LogP contribution >= 0.6 is 0 Å². The molecule has 76 valence electrons. The van der Waals surface area contributed by atoms with Gasteiger partial charge in [-0.15, -0.1) is 0 Å². The molecule has 2 nitrogen and oxygen atoms in total. The van der Waals surface area contributed by atoms with Gasteiger partial charge in [0, 0.05) is 13.2 Å². The van der Waals surface area contributed by atoms with Gasteiger partial charge in [0.05, 0.1) is 0 Å². The highest BCUT2D eigenvalue weighted by Gasteiger charge is 1.94. The van der Waals surface area contributed by atoms with Crippen LogP contribution < -0.4 is 0 Å². The molecule has 0 unspecified atom stereocenters. The van der Waals surface area contributed by atoms with E-state index in [1.807, 2.05) is 0 Å². The Hall–Kier alpha value is -0.0800. The fourth-order valence-corrected chi connectivity index (χ4v) is 1.01. The SMILES string of the molecule is C1CCOC1.CCCCCC.O. The lowest BCUT2D eigenvalue weighted by Crippen LogP contribution is -1.74. The molecule has 0 aromatic carbocycles. The van der Waals surface area contributed by atoms with Crippen LogP contribution in [-0.2, 0) is 4.74 Å². The van der Waals surface area contributed by atoms with Crippen molar-refractivity contribution in [2.45, 2.75) is 52.4 Å². The van der Waals surface area contributed by atoms with Crippen molar-refractivity contribution < 1.29 is 10.2 Å². The van der Waals surface area contributed by atoms with Crippen LogP contribution in [0, 0.1) is 0 Å². The highest BCUT2D eigenvalue weighted by atomic mass is 16.5. The second-order valence-electron chi connectivity index (χ2n) is 3.03. The molecule has 0 aromatic rings. The second-order valence-corrected chi connectivity index (χ2v) is 3.03. The van der Waals surface area contributed by atoms with Gasteiger partial charge in [-0.25, -0.2) is 0 Å². The molecule has 1 fully saturated rings. The van der Waals surface area contributed by atoms with Gasteiger partial charge in [0.25, 0.3) is 0 Å². The van der Waals surface area contributed by atoms with Crippen LogP contribution in [-0.4, -0.2) is 18.7 Å². The summed E-state index contributed by atoms with van der Waals surface area (Å²) in [6.07, 6.45) is 8.09. The van der Waals surface area contributed by atoms with Crippen LogP contribution in [0.1, 0.15) is 52.4 Å². The molecule has 0 spiro atoms. The zero-order valence-corrected chi connectivity index (χ0v) is 8.57. The van der Waals surface area contributed by atoms with Gasteiger partial charge in [-0.05, 0) is 12.8 Å². The first-order valence-electron chi connectivity index (χ1n) is 4.99. The lowest BCUT2D eigenvalue weighted by atomic mass is 10.2. The van der Waals surface area contributed by atoms with Crippen molar-refractivity contribution in [3.8, 4) is 0 Å². The predicted octanol–water partition coefficient (Wildman–Crippen LogP) is 2.56. The lowest BCUT2D eigenvalue weighted by Gasteiger charge is -1.86. The first-order chi connectivity index (χ1) is 5.41. The van der Waals surface area contributed by atoms with Crippen molar-refractivity contribution in [2.75, 3.05) is 13.2 Å². The van der Waals surface area contributed by atoms with Gasteiger partial charge in [0.2, 0.25) is 0 Å². The van der Waals surface area contributed by atoms with E-state index in [1.165, 1.54) is 38.5 Å². The first kappa shape index (κ1) is 14.4. The van der Waals surface area contributed by atoms with E-state index in [1.54, 1.807) is 0 Å². The van der Waals surface area contributed by atoms with Gasteiger partial charge in [-0.1, -0.05) is 39.5 Å². The highest BCUT2D eigenvalue weighted by Crippen LogP contribution is 1.98. The minimum atomic E-state index is 0. The normalized spacial score (nSPS) is 14.5. The smallest absolute Gasteiger partial charge is 0.0466 e. The zero-order valence-electron chi connectivity index (χ0n) is 8.57. The van der Waals surface area contributed by atoms with Gasteiger partial charge in [0.1, 0.15) is 0 Å². The van der Waals surface area contributed by atoms with Crippen LogP contribution in [0.15, 0.2) is 0 Å². The number of rotatable bonds is 3. The van der Waals surface area contributed by atoms with E-state index in [2.05, 4.69) is 13.8 Å². The Kier molecular flexibility index (Phi) is 16.3. The minimum absolute atomic E-state index is 0. The molecule has 2 heteroatoms. The third-order valence-corrected chi connectivity index (χ3v) is 1.78. The third kappa shape index (κ3) is 12.6. The molecule has 0 saturated carbocycles. The molecule has 1 saturated heterocycles. The molecule has 0 atom stereocenters. The summed E-state index contributed by atoms with van der Waals surface area (Å²) < 4.78 is 4.94. The van der Waals surface area contributed by atoms with E-state index in [4.69, 9.17) is 4.74 Å². The standard InChI is InChI=1S/C6H14.C4H8O.H2O/c1-3-5-6-4-2;1-2-4-5-3-1;/h3-6H2,1-2H3;1-4H2;1H2. The molecule has 1 aliphatic rings. The summed E-state index contributed by atoms with van der Waals surface area (Å²) in [5.41, 5.74) is 0. The maximum absolute atomic E-state index is 4.94. The Morgan fingerprint density at radius 1 is 0.917 bits per heavy atom. The summed E-state index contributed by atoms with van der Waals surface area (Å²) in [5, 5.41) is 0. The summed E-state index contributed by atoms with van der Waals surface area (Å²) in [5.74, 6) is 0. The lowest BCUT2D eigenvalue weighted by molar-refractivity contribution is 0.198. The third-order valence-electron chi connectivity index (χ3n) is 1.78. The summed E-state index contributed by atoms with van der Waals surface area (Å²) in [7, 11) is 0. The van der Waals surface area contributed by atoms with E-state index in [9.17, 15) is 0 Å². The summed E-state index contributed by atoms with van der Waals surface area (Å²) in [6.45, 7) is 6.46. The number of hydrogen-bond donors (Lipinski definition) is 0. The summed E-state index contributed by atoms with van der Waals surface area (Å²) >= 11 is 0. The molecule has 12 heavy (non-hydrogen) atoms. The number of ether oxygens (including phenoxy) is 1. The Labute approximate surface area is 76.6 Å². The molecular weight excluding hydrogens is 152 g/mol. The van der Waals surface area contributed by atoms with Crippen LogP contribution in [0.2, 0.25) is 0 Å². The van der Waals surface area contributed by atoms with Gasteiger partial charge in [-0.2, -0.15) is 0 Å². The van der Waals surface area contributed by atoms with E-state index >= 15 is 0 Å². The Balaban J connectivity index is 0. The molecule has 1 rings (SSSR count). The Bertz CT molecular complexity index is 49.2.